The van der Waals surface area contributed by atoms with Gasteiger partial charge in [-0.25, -0.2) is 18.5 Å². The minimum absolute atomic E-state index is 0.387. The molecule has 0 aliphatic rings. The van der Waals surface area contributed by atoms with E-state index < -0.39 is 23.4 Å². The molecule has 0 unspecified atom stereocenters. The van der Waals surface area contributed by atoms with Gasteiger partial charge in [-0.3, -0.25) is 0 Å². The number of nitrogens with two attached hydrogens (primary N) is 1. The van der Waals surface area contributed by atoms with Crippen LogP contribution < -0.4 is 21.5 Å². The number of nitrogens with zero attached hydrogens (tertiary/aromatic N) is 2. The summed E-state index contributed by atoms with van der Waals surface area (Å²) in [5.41, 5.74) is 4.55. The van der Waals surface area contributed by atoms with Crippen molar-refractivity contribution in [3.05, 3.63) is 46.8 Å². The average molecular weight is 278 g/mol. The minimum atomic E-state index is -0.968. The Morgan fingerprint density at radius 2 is 2.25 bits per heavy atom. The van der Waals surface area contributed by atoms with Gasteiger partial charge >= 0.3 is 11.7 Å². The number of carbonyl (C=O) groups excluding carboxylic acids is 1. The largest absolute Gasteiger partial charge is 0.497 e. The fraction of sp³-hybridized carbons (Fsp3) is 0.0833. The van der Waals surface area contributed by atoms with E-state index in [1.165, 1.54) is 7.11 Å². The van der Waals surface area contributed by atoms with Crippen molar-refractivity contribution in [2.24, 2.45) is 0 Å². The van der Waals surface area contributed by atoms with Gasteiger partial charge in [0.05, 0.1) is 13.3 Å². The molecule has 0 fully saturated rings. The first-order valence-corrected chi connectivity index (χ1v) is 5.51. The zero-order valence-electron chi connectivity index (χ0n) is 10.5. The second kappa shape index (κ2) is 5.39. The van der Waals surface area contributed by atoms with Crippen molar-refractivity contribution in [3.8, 4) is 5.75 Å². The van der Waals surface area contributed by atoms with Gasteiger partial charge in [0.1, 0.15) is 5.75 Å². The summed E-state index contributed by atoms with van der Waals surface area (Å²) in [5, 5.41) is 2.42. The molecule has 8 heteroatoms. The summed E-state index contributed by atoms with van der Waals surface area (Å²) in [6.07, 6.45) is 0.681. The Balaban J connectivity index is 2.28. The number of nitrogens with one attached hydrogen (secondary N) is 1. The zero-order valence-corrected chi connectivity index (χ0v) is 10.5. The highest BCUT2D eigenvalue weighted by molar-refractivity contribution is 5.91. The Morgan fingerprint density at radius 3 is 2.95 bits per heavy atom. The van der Waals surface area contributed by atoms with Crippen molar-refractivity contribution in [1.29, 1.82) is 0 Å². The lowest BCUT2D eigenvalue weighted by Crippen LogP contribution is -2.33. The van der Waals surface area contributed by atoms with Gasteiger partial charge in [-0.05, 0) is 12.1 Å². The van der Waals surface area contributed by atoms with Gasteiger partial charge in [0.25, 0.3) is 0 Å². The van der Waals surface area contributed by atoms with Crippen molar-refractivity contribution < 1.29 is 13.9 Å². The molecule has 0 aliphatic heterocycles. The van der Waals surface area contributed by atoms with Crippen LogP contribution in [0.15, 0.2) is 35.3 Å². The summed E-state index contributed by atoms with van der Waals surface area (Å²) >= 11 is 0. The van der Waals surface area contributed by atoms with E-state index >= 15 is 0 Å². The van der Waals surface area contributed by atoms with Gasteiger partial charge in [-0.1, -0.05) is 6.07 Å². The van der Waals surface area contributed by atoms with Crippen molar-refractivity contribution in [2.75, 3.05) is 18.2 Å². The van der Waals surface area contributed by atoms with Crippen LogP contribution in [0.4, 0.5) is 20.7 Å². The highest BCUT2D eigenvalue weighted by Gasteiger charge is 2.12. The first-order valence-electron chi connectivity index (χ1n) is 5.51. The molecule has 0 saturated carbocycles. The lowest BCUT2D eigenvalue weighted by molar-refractivity contribution is 0.252. The monoisotopic (exact) mass is 278 g/mol. The number of hydrogen-bond acceptors (Lipinski definition) is 5. The SMILES string of the molecule is COc1cccc(NC(=O)n2cc(F)c(N)nc2=O)c1. The van der Waals surface area contributed by atoms with E-state index in [0.717, 1.165) is 0 Å². The molecule has 1 aromatic heterocycles. The van der Waals surface area contributed by atoms with Crippen LogP contribution in [-0.2, 0) is 0 Å². The molecule has 0 radical (unpaired) electrons. The van der Waals surface area contributed by atoms with Gasteiger partial charge in [0.2, 0.25) is 0 Å². The molecule has 104 valence electrons. The third-order valence-electron chi connectivity index (χ3n) is 2.45. The van der Waals surface area contributed by atoms with E-state index in [0.29, 0.717) is 22.2 Å². The standard InChI is InChI=1S/C12H11FN4O3/c1-20-8-4-2-3-7(5-8)15-11(18)17-6-9(13)10(14)16-12(17)19/h2-6H,1H3,(H,15,18)(H2,14,16,19). The number of hydrogen-bond donors (Lipinski definition) is 2. The Labute approximate surface area is 112 Å². The summed E-state index contributed by atoms with van der Waals surface area (Å²) in [7, 11) is 1.48. The molecule has 1 amide bonds. The summed E-state index contributed by atoms with van der Waals surface area (Å²) in [5.74, 6) is -0.984. The lowest BCUT2D eigenvalue weighted by Gasteiger charge is -2.08. The summed E-state index contributed by atoms with van der Waals surface area (Å²) in [4.78, 5) is 26.5. The third kappa shape index (κ3) is 2.74. The minimum Gasteiger partial charge on any atom is -0.497 e. The number of benzene rings is 1. The Hall–Kier alpha value is -2.90. The molecule has 20 heavy (non-hydrogen) atoms. The number of ether oxygens (including phenoxy) is 1. The van der Waals surface area contributed by atoms with Crippen LogP contribution in [0.2, 0.25) is 0 Å². The van der Waals surface area contributed by atoms with Crippen LogP contribution in [-0.4, -0.2) is 22.7 Å². The van der Waals surface area contributed by atoms with E-state index in [1.807, 2.05) is 0 Å². The highest BCUT2D eigenvalue weighted by Crippen LogP contribution is 2.16. The molecule has 1 heterocycles. The topological polar surface area (TPSA) is 99.2 Å². The van der Waals surface area contributed by atoms with Crippen LogP contribution in [0, 0.1) is 5.82 Å². The Bertz CT molecular complexity index is 714. The molecule has 0 bridgehead atoms. The summed E-state index contributed by atoms with van der Waals surface area (Å²) in [6, 6.07) is 5.62. The second-order valence-electron chi connectivity index (χ2n) is 3.79. The molecule has 0 saturated heterocycles. The van der Waals surface area contributed by atoms with E-state index in [-0.39, 0.29) is 0 Å². The number of amides is 1. The Morgan fingerprint density at radius 1 is 1.50 bits per heavy atom. The molecule has 7 nitrogen and oxygen atoms in total. The predicted octanol–water partition coefficient (Wildman–Crippen LogP) is 1.05. The number of halogens is 1. The van der Waals surface area contributed by atoms with Gasteiger partial charge in [0, 0.05) is 11.8 Å². The number of aromatic nitrogens is 2. The van der Waals surface area contributed by atoms with E-state index in [2.05, 4.69) is 10.3 Å². The maximum atomic E-state index is 13.2. The van der Waals surface area contributed by atoms with Crippen LogP contribution >= 0.6 is 0 Å². The summed E-state index contributed by atoms with van der Waals surface area (Å²) in [6.45, 7) is 0. The predicted molar refractivity (Wildman–Crippen MR) is 70.3 cm³/mol. The third-order valence-corrected chi connectivity index (χ3v) is 2.45. The first kappa shape index (κ1) is 13.5. The van der Waals surface area contributed by atoms with Crippen LogP contribution in [0.1, 0.15) is 0 Å². The molecule has 2 rings (SSSR count). The molecule has 0 spiro atoms. The zero-order chi connectivity index (χ0) is 14.7. The Kier molecular flexibility index (Phi) is 3.65. The van der Waals surface area contributed by atoms with Crippen molar-refractivity contribution in [2.45, 2.75) is 0 Å². The summed E-state index contributed by atoms with van der Waals surface area (Å²) < 4.78 is 18.7. The van der Waals surface area contributed by atoms with Crippen LogP contribution in [0.25, 0.3) is 0 Å². The maximum Gasteiger partial charge on any atom is 0.357 e. The molecule has 0 aliphatic carbocycles. The molecule has 1 aromatic carbocycles. The maximum absolute atomic E-state index is 13.2. The first-order chi connectivity index (χ1) is 9.51. The molecule has 2 aromatic rings. The van der Waals surface area contributed by atoms with Crippen molar-refractivity contribution in [3.63, 3.8) is 0 Å². The van der Waals surface area contributed by atoms with Crippen molar-refractivity contribution >= 4 is 17.5 Å². The fourth-order valence-electron chi connectivity index (χ4n) is 1.48. The highest BCUT2D eigenvalue weighted by atomic mass is 19.1. The number of rotatable bonds is 2. The van der Waals surface area contributed by atoms with Gasteiger partial charge in [0.15, 0.2) is 11.6 Å². The van der Waals surface area contributed by atoms with Crippen LogP contribution in [0.3, 0.4) is 0 Å². The van der Waals surface area contributed by atoms with Crippen LogP contribution in [0.5, 0.6) is 5.75 Å². The molecule has 0 atom stereocenters. The molecule has 3 N–H and O–H groups in total. The fourth-order valence-corrected chi connectivity index (χ4v) is 1.48. The smallest absolute Gasteiger partial charge is 0.357 e. The lowest BCUT2D eigenvalue weighted by atomic mass is 10.3. The van der Waals surface area contributed by atoms with E-state index in [1.54, 1.807) is 24.3 Å². The number of nitrogen functional groups attached to an aromatic ring is 1. The number of carbonyl (C=O) groups is 1. The average Bonchev–Trinajstić information content (AvgIpc) is 2.43. The molecular formula is C12H11FN4O3. The second-order valence-corrected chi connectivity index (χ2v) is 3.79. The van der Waals surface area contributed by atoms with E-state index in [9.17, 15) is 14.0 Å². The van der Waals surface area contributed by atoms with Gasteiger partial charge < -0.3 is 15.8 Å². The van der Waals surface area contributed by atoms with E-state index in [4.69, 9.17) is 10.5 Å². The normalized spacial score (nSPS) is 10.1. The van der Waals surface area contributed by atoms with Gasteiger partial charge in [-0.2, -0.15) is 4.98 Å². The molecular weight excluding hydrogens is 267 g/mol. The number of anilines is 2. The quantitative estimate of drug-likeness (QED) is 0.855. The number of methoxy groups -OCH3 is 1. The van der Waals surface area contributed by atoms with Gasteiger partial charge in [-0.15, -0.1) is 0 Å². The van der Waals surface area contributed by atoms with Crippen molar-refractivity contribution in [1.82, 2.24) is 9.55 Å².